The van der Waals surface area contributed by atoms with Crippen LogP contribution in [0.5, 0.6) is 0 Å². The second kappa shape index (κ2) is 8.60. The lowest BCUT2D eigenvalue weighted by Crippen LogP contribution is -2.08. The van der Waals surface area contributed by atoms with Gasteiger partial charge in [0.1, 0.15) is 0 Å². The van der Waals surface area contributed by atoms with E-state index in [0.29, 0.717) is 33.0 Å². The first kappa shape index (κ1) is 14.6. The summed E-state index contributed by atoms with van der Waals surface area (Å²) in [4.78, 5) is 0. The zero-order valence-corrected chi connectivity index (χ0v) is 13.0. The van der Waals surface area contributed by atoms with Crippen molar-refractivity contribution < 1.29 is 14.2 Å². The van der Waals surface area contributed by atoms with Gasteiger partial charge in [-0.3, -0.25) is 0 Å². The Labute approximate surface area is 116 Å². The molecule has 0 N–H and O–H groups in total. The third-order valence-electron chi connectivity index (χ3n) is 1.79. The first-order chi connectivity index (χ1) is 7.74. The van der Waals surface area contributed by atoms with E-state index in [-0.39, 0.29) is 0 Å². The molecule has 1 aromatic heterocycles. The van der Waals surface area contributed by atoms with E-state index in [1.807, 2.05) is 0 Å². The maximum absolute atomic E-state index is 5.48. The van der Waals surface area contributed by atoms with Crippen LogP contribution in [0.2, 0.25) is 0 Å². The molecule has 0 atom stereocenters. The van der Waals surface area contributed by atoms with Crippen molar-refractivity contribution in [2.75, 3.05) is 33.5 Å². The van der Waals surface area contributed by atoms with Gasteiger partial charge in [-0.05, 0) is 37.9 Å². The smallest absolute Gasteiger partial charge is 0.0765 e. The Kier molecular flexibility index (Phi) is 7.85. The van der Waals surface area contributed by atoms with E-state index in [4.69, 9.17) is 14.2 Å². The SMILES string of the molecule is COCCOCCOCc1cc(Br)sc1Br. The molecule has 0 aliphatic carbocycles. The van der Waals surface area contributed by atoms with Gasteiger partial charge in [0, 0.05) is 12.7 Å². The van der Waals surface area contributed by atoms with E-state index >= 15 is 0 Å². The van der Waals surface area contributed by atoms with Crippen molar-refractivity contribution >= 4 is 43.2 Å². The molecule has 0 aliphatic rings. The molecule has 0 fully saturated rings. The summed E-state index contributed by atoms with van der Waals surface area (Å²) in [5.74, 6) is 0. The highest BCUT2D eigenvalue weighted by molar-refractivity contribution is 9.12. The van der Waals surface area contributed by atoms with E-state index < -0.39 is 0 Å². The standard InChI is InChI=1S/C10H14Br2O3S/c1-13-2-3-14-4-5-15-7-8-6-9(11)16-10(8)12/h6H,2-5,7H2,1H3. The molecule has 92 valence electrons. The van der Waals surface area contributed by atoms with Crippen LogP contribution in [0.4, 0.5) is 0 Å². The Bertz CT molecular complexity index is 304. The molecule has 0 unspecified atom stereocenters. The van der Waals surface area contributed by atoms with E-state index in [0.717, 1.165) is 13.1 Å². The molecule has 0 saturated carbocycles. The number of methoxy groups -OCH3 is 1. The molecule has 0 radical (unpaired) electrons. The summed E-state index contributed by atoms with van der Waals surface area (Å²) in [7, 11) is 1.66. The fraction of sp³-hybridized carbons (Fsp3) is 0.600. The lowest BCUT2D eigenvalue weighted by atomic mass is 10.4. The first-order valence-electron chi connectivity index (χ1n) is 4.82. The quantitative estimate of drug-likeness (QED) is 0.653. The average molecular weight is 374 g/mol. The molecular weight excluding hydrogens is 360 g/mol. The number of halogens is 2. The van der Waals surface area contributed by atoms with Crippen LogP contribution in [-0.4, -0.2) is 33.5 Å². The van der Waals surface area contributed by atoms with E-state index in [1.165, 1.54) is 0 Å². The van der Waals surface area contributed by atoms with Crippen molar-refractivity contribution in [3.05, 3.63) is 19.2 Å². The van der Waals surface area contributed by atoms with Gasteiger partial charge < -0.3 is 14.2 Å². The Morgan fingerprint density at radius 3 is 2.44 bits per heavy atom. The number of hydrogen-bond acceptors (Lipinski definition) is 4. The minimum Gasteiger partial charge on any atom is -0.382 e. The zero-order valence-electron chi connectivity index (χ0n) is 9.00. The summed E-state index contributed by atoms with van der Waals surface area (Å²) in [6, 6.07) is 2.06. The third kappa shape index (κ3) is 5.75. The van der Waals surface area contributed by atoms with Gasteiger partial charge in [0.15, 0.2) is 0 Å². The molecular formula is C10H14Br2O3S. The Morgan fingerprint density at radius 1 is 1.12 bits per heavy atom. The minimum absolute atomic E-state index is 0.601. The molecule has 0 saturated heterocycles. The fourth-order valence-corrected chi connectivity index (χ4v) is 3.80. The summed E-state index contributed by atoms with van der Waals surface area (Å²) in [6.45, 7) is 3.06. The monoisotopic (exact) mass is 372 g/mol. The van der Waals surface area contributed by atoms with E-state index in [1.54, 1.807) is 18.4 Å². The van der Waals surface area contributed by atoms with Crippen molar-refractivity contribution in [1.82, 2.24) is 0 Å². The molecule has 3 nitrogen and oxygen atoms in total. The van der Waals surface area contributed by atoms with Gasteiger partial charge in [-0.1, -0.05) is 0 Å². The fourth-order valence-electron chi connectivity index (χ4n) is 1.02. The summed E-state index contributed by atoms with van der Waals surface area (Å²) in [5.41, 5.74) is 1.16. The van der Waals surface area contributed by atoms with Crippen molar-refractivity contribution in [3.8, 4) is 0 Å². The number of ether oxygens (including phenoxy) is 3. The van der Waals surface area contributed by atoms with E-state index in [9.17, 15) is 0 Å². The van der Waals surface area contributed by atoms with Gasteiger partial charge in [-0.15, -0.1) is 11.3 Å². The van der Waals surface area contributed by atoms with Gasteiger partial charge >= 0.3 is 0 Å². The lowest BCUT2D eigenvalue weighted by molar-refractivity contribution is 0.0199. The van der Waals surface area contributed by atoms with Crippen LogP contribution >= 0.6 is 43.2 Å². The molecule has 1 heterocycles. The summed E-state index contributed by atoms with van der Waals surface area (Å²) >= 11 is 8.56. The molecule has 16 heavy (non-hydrogen) atoms. The maximum atomic E-state index is 5.48. The highest BCUT2D eigenvalue weighted by atomic mass is 79.9. The van der Waals surface area contributed by atoms with Crippen LogP contribution in [-0.2, 0) is 20.8 Å². The molecule has 1 aromatic rings. The molecule has 0 aromatic carbocycles. The van der Waals surface area contributed by atoms with Crippen LogP contribution in [0.25, 0.3) is 0 Å². The van der Waals surface area contributed by atoms with Crippen LogP contribution < -0.4 is 0 Å². The molecule has 0 aliphatic heterocycles. The van der Waals surface area contributed by atoms with Crippen LogP contribution in [0.3, 0.4) is 0 Å². The average Bonchev–Trinajstić information content (AvgIpc) is 2.56. The van der Waals surface area contributed by atoms with Crippen molar-refractivity contribution in [1.29, 1.82) is 0 Å². The predicted molar refractivity (Wildman–Crippen MR) is 72.1 cm³/mol. The first-order valence-corrected chi connectivity index (χ1v) is 7.22. The highest BCUT2D eigenvalue weighted by Gasteiger charge is 2.04. The largest absolute Gasteiger partial charge is 0.382 e. The second-order valence-corrected chi connectivity index (χ2v) is 6.76. The van der Waals surface area contributed by atoms with Crippen LogP contribution in [0.15, 0.2) is 13.6 Å². The molecule has 0 spiro atoms. The van der Waals surface area contributed by atoms with Crippen molar-refractivity contribution in [3.63, 3.8) is 0 Å². The molecule has 6 heteroatoms. The van der Waals surface area contributed by atoms with Gasteiger partial charge in [0.2, 0.25) is 0 Å². The van der Waals surface area contributed by atoms with Crippen molar-refractivity contribution in [2.45, 2.75) is 6.61 Å². The lowest BCUT2D eigenvalue weighted by Gasteiger charge is -2.04. The van der Waals surface area contributed by atoms with Crippen molar-refractivity contribution in [2.24, 2.45) is 0 Å². The molecule has 1 rings (SSSR count). The number of thiophene rings is 1. The van der Waals surface area contributed by atoms with E-state index in [2.05, 4.69) is 37.9 Å². The van der Waals surface area contributed by atoms with Crippen LogP contribution in [0, 0.1) is 0 Å². The molecule has 0 bridgehead atoms. The third-order valence-corrected chi connectivity index (χ3v) is 4.25. The van der Waals surface area contributed by atoms with Gasteiger partial charge in [-0.2, -0.15) is 0 Å². The minimum atomic E-state index is 0.601. The Hall–Kier alpha value is 0.540. The highest BCUT2D eigenvalue weighted by Crippen LogP contribution is 2.32. The van der Waals surface area contributed by atoms with Gasteiger partial charge in [0.05, 0.1) is 40.6 Å². The maximum Gasteiger partial charge on any atom is 0.0765 e. The topological polar surface area (TPSA) is 27.7 Å². The predicted octanol–water partition coefficient (Wildman–Crippen LogP) is 3.45. The summed E-state index contributed by atoms with van der Waals surface area (Å²) in [5, 5.41) is 0. The molecule has 0 amide bonds. The second-order valence-electron chi connectivity index (χ2n) is 3.01. The summed E-state index contributed by atoms with van der Waals surface area (Å²) < 4.78 is 17.8. The Morgan fingerprint density at radius 2 is 1.81 bits per heavy atom. The van der Waals surface area contributed by atoms with Crippen LogP contribution in [0.1, 0.15) is 5.56 Å². The van der Waals surface area contributed by atoms with Gasteiger partial charge in [0.25, 0.3) is 0 Å². The Balaban J connectivity index is 2.05. The normalized spacial score (nSPS) is 10.9. The zero-order chi connectivity index (χ0) is 11.8. The van der Waals surface area contributed by atoms with Gasteiger partial charge in [-0.25, -0.2) is 0 Å². The number of hydrogen-bond donors (Lipinski definition) is 0. The number of rotatable bonds is 8. The summed E-state index contributed by atoms with van der Waals surface area (Å²) in [6.07, 6.45) is 0.